The van der Waals surface area contributed by atoms with Crippen LogP contribution in [0.5, 0.6) is 11.5 Å². The van der Waals surface area contributed by atoms with Crippen molar-refractivity contribution in [3.05, 3.63) is 48.5 Å². The molecule has 1 amide bonds. The number of rotatable bonds is 9. The topological polar surface area (TPSA) is 88.2 Å². The van der Waals surface area contributed by atoms with Crippen molar-refractivity contribution in [2.45, 2.75) is 31.2 Å². The number of sulfonamides is 1. The average Bonchev–Trinajstić information content (AvgIpc) is 2.82. The van der Waals surface area contributed by atoms with Crippen LogP contribution in [0, 0.1) is 0 Å². The van der Waals surface area contributed by atoms with Crippen LogP contribution in [-0.2, 0) is 14.8 Å². The van der Waals surface area contributed by atoms with E-state index in [0.29, 0.717) is 25.3 Å². The van der Waals surface area contributed by atoms with Crippen LogP contribution < -0.4 is 19.1 Å². The number of nitrogens with one attached hydrogen (secondary N) is 1. The molecule has 0 bridgehead atoms. The molecule has 3 rings (SSSR count). The molecule has 1 heterocycles. The first-order valence-corrected chi connectivity index (χ1v) is 12.2. The molecule has 32 heavy (non-hydrogen) atoms. The summed E-state index contributed by atoms with van der Waals surface area (Å²) in [6.45, 7) is 6.37. The largest absolute Gasteiger partial charge is 0.497 e. The Hall–Kier alpha value is -2.78. The molecule has 0 unspecified atom stereocenters. The second kappa shape index (κ2) is 10.7. The monoisotopic (exact) mass is 461 g/mol. The van der Waals surface area contributed by atoms with Crippen molar-refractivity contribution in [1.29, 1.82) is 0 Å². The molecule has 1 saturated heterocycles. The first-order valence-electron chi connectivity index (χ1n) is 10.7. The number of piperazine rings is 1. The fourth-order valence-electron chi connectivity index (χ4n) is 3.37. The van der Waals surface area contributed by atoms with E-state index in [-0.39, 0.29) is 23.5 Å². The Morgan fingerprint density at radius 2 is 1.59 bits per heavy atom. The zero-order valence-corrected chi connectivity index (χ0v) is 19.6. The molecule has 0 aliphatic carbocycles. The van der Waals surface area contributed by atoms with Gasteiger partial charge in [0, 0.05) is 37.9 Å². The summed E-state index contributed by atoms with van der Waals surface area (Å²) in [6, 6.07) is 13.9. The van der Waals surface area contributed by atoms with E-state index < -0.39 is 10.0 Å². The molecule has 1 atom stereocenters. The Bertz CT molecular complexity index is 985. The van der Waals surface area contributed by atoms with Gasteiger partial charge >= 0.3 is 0 Å². The van der Waals surface area contributed by atoms with E-state index in [1.165, 1.54) is 12.1 Å². The smallest absolute Gasteiger partial charge is 0.260 e. The summed E-state index contributed by atoms with van der Waals surface area (Å²) in [5, 5.41) is 0. The van der Waals surface area contributed by atoms with Gasteiger partial charge in [0.05, 0.1) is 12.0 Å². The van der Waals surface area contributed by atoms with Crippen molar-refractivity contribution in [2.75, 3.05) is 44.8 Å². The van der Waals surface area contributed by atoms with Gasteiger partial charge in [0.25, 0.3) is 5.91 Å². The zero-order chi connectivity index (χ0) is 23.1. The minimum absolute atomic E-state index is 0.0836. The molecule has 0 spiro atoms. The van der Waals surface area contributed by atoms with Crippen molar-refractivity contribution in [1.82, 2.24) is 9.62 Å². The Morgan fingerprint density at radius 3 is 2.16 bits per heavy atom. The molecule has 2 aromatic rings. The van der Waals surface area contributed by atoms with Gasteiger partial charge in [-0.2, -0.15) is 0 Å². The standard InChI is InChI=1S/C23H31N3O5S/c1-4-18(2)24-32(28,29)22-11-9-21(10-12-22)31-17-23(27)26-15-13-25(14-16-26)19-5-7-20(30-3)8-6-19/h5-12,18,24H,4,13-17H2,1-3H3/t18-/m1/s1. The normalized spacial score (nSPS) is 15.3. The Morgan fingerprint density at radius 1 is 1.00 bits per heavy atom. The molecule has 2 aromatic carbocycles. The van der Waals surface area contributed by atoms with Crippen LogP contribution >= 0.6 is 0 Å². The van der Waals surface area contributed by atoms with Crippen molar-refractivity contribution < 1.29 is 22.7 Å². The van der Waals surface area contributed by atoms with Crippen LogP contribution in [0.15, 0.2) is 53.4 Å². The number of amides is 1. The van der Waals surface area contributed by atoms with E-state index >= 15 is 0 Å². The molecule has 0 aromatic heterocycles. The second-order valence-corrected chi connectivity index (χ2v) is 9.47. The van der Waals surface area contributed by atoms with E-state index in [1.807, 2.05) is 38.1 Å². The summed E-state index contributed by atoms with van der Waals surface area (Å²) in [4.78, 5) is 16.7. The highest BCUT2D eigenvalue weighted by Gasteiger charge is 2.22. The van der Waals surface area contributed by atoms with Crippen LogP contribution in [-0.4, -0.2) is 65.2 Å². The maximum absolute atomic E-state index is 12.5. The number of ether oxygens (including phenoxy) is 2. The highest BCUT2D eigenvalue weighted by molar-refractivity contribution is 7.89. The molecule has 9 heteroatoms. The lowest BCUT2D eigenvalue weighted by atomic mass is 10.2. The number of methoxy groups -OCH3 is 1. The van der Waals surface area contributed by atoms with Crippen molar-refractivity contribution in [3.8, 4) is 11.5 Å². The zero-order valence-electron chi connectivity index (χ0n) is 18.8. The molecular formula is C23H31N3O5S. The first kappa shape index (κ1) is 23.9. The van der Waals surface area contributed by atoms with Gasteiger partial charge in [-0.3, -0.25) is 4.79 Å². The van der Waals surface area contributed by atoms with E-state index in [0.717, 1.165) is 24.5 Å². The van der Waals surface area contributed by atoms with Gasteiger partial charge in [0.1, 0.15) is 11.5 Å². The number of carbonyl (C=O) groups is 1. The summed E-state index contributed by atoms with van der Waals surface area (Å²) in [7, 11) is -1.92. The highest BCUT2D eigenvalue weighted by Crippen LogP contribution is 2.21. The third kappa shape index (κ3) is 6.14. The van der Waals surface area contributed by atoms with Crippen molar-refractivity contribution in [3.63, 3.8) is 0 Å². The van der Waals surface area contributed by atoms with Crippen LogP contribution in [0.3, 0.4) is 0 Å². The van der Waals surface area contributed by atoms with Gasteiger partial charge in [0.2, 0.25) is 10.0 Å². The third-order valence-corrected chi connectivity index (χ3v) is 7.14. The summed E-state index contributed by atoms with van der Waals surface area (Å²) in [5.41, 5.74) is 1.10. The quantitative estimate of drug-likeness (QED) is 0.617. The van der Waals surface area contributed by atoms with E-state index in [4.69, 9.17) is 9.47 Å². The third-order valence-electron chi connectivity index (χ3n) is 5.53. The van der Waals surface area contributed by atoms with E-state index in [1.54, 1.807) is 24.1 Å². The van der Waals surface area contributed by atoms with E-state index in [9.17, 15) is 13.2 Å². The molecule has 0 radical (unpaired) electrons. The molecule has 1 fully saturated rings. The minimum Gasteiger partial charge on any atom is -0.497 e. The van der Waals surface area contributed by atoms with E-state index in [2.05, 4.69) is 9.62 Å². The predicted molar refractivity (Wildman–Crippen MR) is 124 cm³/mol. The first-order chi connectivity index (χ1) is 15.3. The van der Waals surface area contributed by atoms with Crippen LogP contribution in [0.1, 0.15) is 20.3 Å². The van der Waals surface area contributed by atoms with Gasteiger partial charge in [-0.25, -0.2) is 13.1 Å². The van der Waals surface area contributed by atoms with Gasteiger partial charge in [-0.15, -0.1) is 0 Å². The average molecular weight is 462 g/mol. The van der Waals surface area contributed by atoms with Crippen molar-refractivity contribution >= 4 is 21.6 Å². The summed E-state index contributed by atoms with van der Waals surface area (Å²) >= 11 is 0. The Balaban J connectivity index is 1.47. The SMILES string of the molecule is CC[C@@H](C)NS(=O)(=O)c1ccc(OCC(=O)N2CCN(c3ccc(OC)cc3)CC2)cc1. The van der Waals surface area contributed by atoms with Crippen LogP contribution in [0.2, 0.25) is 0 Å². The summed E-state index contributed by atoms with van der Waals surface area (Å²) in [5.74, 6) is 1.18. The summed E-state index contributed by atoms with van der Waals surface area (Å²) < 4.78 is 38.1. The minimum atomic E-state index is -3.56. The molecule has 174 valence electrons. The maximum atomic E-state index is 12.5. The fraction of sp³-hybridized carbons (Fsp3) is 0.435. The molecular weight excluding hydrogens is 430 g/mol. The van der Waals surface area contributed by atoms with Gasteiger partial charge < -0.3 is 19.3 Å². The predicted octanol–water partition coefficient (Wildman–Crippen LogP) is 2.50. The number of carbonyl (C=O) groups excluding carboxylic acids is 1. The maximum Gasteiger partial charge on any atom is 0.260 e. The lowest BCUT2D eigenvalue weighted by Gasteiger charge is -2.36. The van der Waals surface area contributed by atoms with Gasteiger partial charge in [-0.1, -0.05) is 6.92 Å². The molecule has 1 aliphatic heterocycles. The number of hydrogen-bond donors (Lipinski definition) is 1. The Kier molecular flexibility index (Phi) is 7.98. The van der Waals surface area contributed by atoms with Crippen LogP contribution in [0.4, 0.5) is 5.69 Å². The molecule has 1 N–H and O–H groups in total. The Labute approximate surface area is 190 Å². The van der Waals surface area contributed by atoms with Gasteiger partial charge in [0.15, 0.2) is 6.61 Å². The van der Waals surface area contributed by atoms with Crippen molar-refractivity contribution in [2.24, 2.45) is 0 Å². The second-order valence-electron chi connectivity index (χ2n) is 7.76. The number of nitrogens with zero attached hydrogens (tertiary/aromatic N) is 2. The van der Waals surface area contributed by atoms with Crippen LogP contribution in [0.25, 0.3) is 0 Å². The molecule has 8 nitrogen and oxygen atoms in total. The highest BCUT2D eigenvalue weighted by atomic mass is 32.2. The number of hydrogen-bond acceptors (Lipinski definition) is 6. The van der Waals surface area contributed by atoms with Gasteiger partial charge in [-0.05, 0) is 61.9 Å². The summed E-state index contributed by atoms with van der Waals surface area (Å²) in [6.07, 6.45) is 0.705. The number of anilines is 1. The molecule has 1 aliphatic rings. The fourth-order valence-corrected chi connectivity index (χ4v) is 4.70. The lowest BCUT2D eigenvalue weighted by Crippen LogP contribution is -2.50. The molecule has 0 saturated carbocycles. The number of benzene rings is 2. The lowest BCUT2D eigenvalue weighted by molar-refractivity contribution is -0.133.